The number of hydrogen-bond donors (Lipinski definition) is 1. The van der Waals surface area contributed by atoms with E-state index in [-0.39, 0.29) is 0 Å². The molecule has 1 rings (SSSR count). The summed E-state index contributed by atoms with van der Waals surface area (Å²) in [6.07, 6.45) is 3.52. The fourth-order valence-electron chi connectivity index (χ4n) is 0.401. The highest BCUT2D eigenvalue weighted by Crippen LogP contribution is 2.18. The molecule has 1 aromatic heterocycles. The van der Waals surface area contributed by atoms with E-state index in [2.05, 4.69) is 16.6 Å². The highest BCUT2D eigenvalue weighted by Gasteiger charge is 1.82. The lowest BCUT2D eigenvalue weighted by atomic mass is 10.5. The highest BCUT2D eigenvalue weighted by atomic mass is 33.1. The Morgan fingerprint density at radius 2 is 2.50 bits per heavy atom. The van der Waals surface area contributed by atoms with Crippen molar-refractivity contribution in [2.75, 3.05) is 0 Å². The fraction of sp³-hybridized carbons (Fsp3) is 0. The molecule has 8 heavy (non-hydrogen) atoms. The van der Waals surface area contributed by atoms with Crippen molar-refractivity contribution in [1.29, 1.82) is 0 Å². The molecule has 0 atom stereocenters. The predicted octanol–water partition coefficient (Wildman–Crippen LogP) is 2.02. The number of thiol groups is 1. The second-order valence-corrected chi connectivity index (χ2v) is 2.48. The number of nitrogens with zero attached hydrogens (tertiary/aromatic N) is 1. The minimum Gasteiger partial charge on any atom is -0.264 e. The molecule has 0 spiro atoms. The van der Waals surface area contributed by atoms with E-state index >= 15 is 0 Å². The van der Waals surface area contributed by atoms with Gasteiger partial charge in [-0.2, -0.15) is 0 Å². The van der Waals surface area contributed by atoms with Crippen molar-refractivity contribution < 1.29 is 0 Å². The molecule has 0 bridgehead atoms. The smallest absolute Gasteiger partial charge is 0.0412 e. The van der Waals surface area contributed by atoms with Gasteiger partial charge >= 0.3 is 0 Å². The molecule has 0 saturated heterocycles. The molecule has 1 heterocycles. The van der Waals surface area contributed by atoms with Gasteiger partial charge in [-0.15, -0.1) is 11.7 Å². The third-order valence-electron chi connectivity index (χ3n) is 0.740. The summed E-state index contributed by atoms with van der Waals surface area (Å²) in [5.74, 6) is 0. The van der Waals surface area contributed by atoms with Gasteiger partial charge in [0.2, 0.25) is 0 Å². The molecule has 0 aliphatic carbocycles. The normalized spacial score (nSPS) is 9.12. The van der Waals surface area contributed by atoms with Crippen molar-refractivity contribution in [3.05, 3.63) is 24.5 Å². The monoisotopic (exact) mass is 143 g/mol. The first kappa shape index (κ1) is 5.98. The maximum atomic E-state index is 3.99. The van der Waals surface area contributed by atoms with E-state index in [4.69, 9.17) is 0 Å². The van der Waals surface area contributed by atoms with Crippen LogP contribution in [-0.2, 0) is 0 Å². The molecule has 0 unspecified atom stereocenters. The van der Waals surface area contributed by atoms with Crippen molar-refractivity contribution in [1.82, 2.24) is 4.98 Å². The first-order chi connectivity index (χ1) is 3.93. The summed E-state index contributed by atoms with van der Waals surface area (Å²) in [5, 5.41) is 0. The van der Waals surface area contributed by atoms with E-state index in [0.29, 0.717) is 0 Å². The van der Waals surface area contributed by atoms with E-state index in [1.54, 1.807) is 12.4 Å². The molecule has 0 fully saturated rings. The van der Waals surface area contributed by atoms with Gasteiger partial charge in [0, 0.05) is 17.3 Å². The molecule has 0 saturated carbocycles. The lowest BCUT2D eigenvalue weighted by molar-refractivity contribution is 1.24. The zero-order chi connectivity index (χ0) is 5.82. The summed E-state index contributed by atoms with van der Waals surface area (Å²) in [5.41, 5.74) is 0. The van der Waals surface area contributed by atoms with Crippen molar-refractivity contribution in [2.24, 2.45) is 0 Å². The average Bonchev–Trinajstić information content (AvgIpc) is 1.90. The van der Waals surface area contributed by atoms with Gasteiger partial charge < -0.3 is 0 Å². The van der Waals surface area contributed by atoms with Crippen LogP contribution in [0, 0.1) is 0 Å². The Balaban J connectivity index is 2.83. The Labute approximate surface area is 57.3 Å². The Morgan fingerprint density at radius 3 is 2.88 bits per heavy atom. The number of rotatable bonds is 1. The van der Waals surface area contributed by atoms with Crippen LogP contribution in [-0.4, -0.2) is 4.98 Å². The van der Waals surface area contributed by atoms with E-state index in [1.807, 2.05) is 12.1 Å². The van der Waals surface area contributed by atoms with Crippen LogP contribution in [0.3, 0.4) is 0 Å². The van der Waals surface area contributed by atoms with Gasteiger partial charge in [0.05, 0.1) is 0 Å². The Kier molecular flexibility index (Phi) is 2.24. The van der Waals surface area contributed by atoms with Crippen LogP contribution in [0.5, 0.6) is 0 Å². The molecule has 0 aliphatic heterocycles. The Bertz CT molecular complexity index is 152. The van der Waals surface area contributed by atoms with Gasteiger partial charge in [-0.05, 0) is 12.1 Å². The summed E-state index contributed by atoms with van der Waals surface area (Å²) in [6.45, 7) is 0. The van der Waals surface area contributed by atoms with Crippen molar-refractivity contribution in [3.63, 3.8) is 0 Å². The van der Waals surface area contributed by atoms with E-state index in [9.17, 15) is 0 Å². The zero-order valence-corrected chi connectivity index (χ0v) is 5.82. The standard InChI is InChI=1S/C5H5NS2/c7-8-5-2-1-3-6-4-5/h1-4,7H. The van der Waals surface area contributed by atoms with Crippen molar-refractivity contribution in [3.8, 4) is 0 Å². The summed E-state index contributed by atoms with van der Waals surface area (Å²) in [4.78, 5) is 4.97. The SMILES string of the molecule is SSc1cccnc1. The largest absolute Gasteiger partial charge is 0.264 e. The Hall–Kier alpha value is -0.150. The molecule has 3 heteroatoms. The molecular weight excluding hydrogens is 138 g/mol. The lowest BCUT2D eigenvalue weighted by Crippen LogP contribution is -1.67. The lowest BCUT2D eigenvalue weighted by Gasteiger charge is -1.87. The van der Waals surface area contributed by atoms with E-state index in [1.165, 1.54) is 10.8 Å². The maximum Gasteiger partial charge on any atom is 0.0412 e. The first-order valence-electron chi connectivity index (χ1n) is 2.15. The summed E-state index contributed by atoms with van der Waals surface area (Å²) in [7, 11) is 1.40. The molecule has 0 aromatic carbocycles. The van der Waals surface area contributed by atoms with Crippen LogP contribution in [0.25, 0.3) is 0 Å². The number of aromatic nitrogens is 1. The second kappa shape index (κ2) is 2.99. The number of pyridine rings is 1. The maximum absolute atomic E-state index is 3.99. The van der Waals surface area contributed by atoms with Crippen LogP contribution in [0.4, 0.5) is 0 Å². The van der Waals surface area contributed by atoms with Crippen molar-refractivity contribution >= 4 is 22.5 Å². The highest BCUT2D eigenvalue weighted by molar-refractivity contribution is 8.68. The third kappa shape index (κ3) is 1.42. The zero-order valence-electron chi connectivity index (χ0n) is 4.11. The average molecular weight is 143 g/mol. The van der Waals surface area contributed by atoms with E-state index < -0.39 is 0 Å². The van der Waals surface area contributed by atoms with Crippen LogP contribution in [0.15, 0.2) is 29.4 Å². The molecule has 1 aromatic rings. The molecule has 42 valence electrons. The second-order valence-electron chi connectivity index (χ2n) is 1.28. The molecule has 0 radical (unpaired) electrons. The minimum atomic E-state index is 1.08. The molecule has 0 amide bonds. The topological polar surface area (TPSA) is 12.9 Å². The first-order valence-corrected chi connectivity index (χ1v) is 4.02. The molecular formula is C5H5NS2. The summed E-state index contributed by atoms with van der Waals surface area (Å²) >= 11 is 3.99. The van der Waals surface area contributed by atoms with Crippen LogP contribution in [0.1, 0.15) is 0 Å². The minimum absolute atomic E-state index is 1.08. The summed E-state index contributed by atoms with van der Waals surface area (Å²) in [6, 6.07) is 3.85. The van der Waals surface area contributed by atoms with Gasteiger partial charge in [-0.25, -0.2) is 0 Å². The van der Waals surface area contributed by atoms with Crippen LogP contribution < -0.4 is 0 Å². The Morgan fingerprint density at radius 1 is 1.62 bits per heavy atom. The third-order valence-corrected chi connectivity index (χ3v) is 1.82. The van der Waals surface area contributed by atoms with Gasteiger partial charge in [-0.3, -0.25) is 4.98 Å². The van der Waals surface area contributed by atoms with Gasteiger partial charge in [-0.1, -0.05) is 10.8 Å². The fourth-order valence-corrected chi connectivity index (χ4v) is 0.973. The predicted molar refractivity (Wildman–Crippen MR) is 39.1 cm³/mol. The van der Waals surface area contributed by atoms with Gasteiger partial charge in [0.1, 0.15) is 0 Å². The molecule has 0 N–H and O–H groups in total. The quantitative estimate of drug-likeness (QED) is 0.477. The summed E-state index contributed by atoms with van der Waals surface area (Å²) < 4.78 is 0. The molecule has 1 nitrogen and oxygen atoms in total. The van der Waals surface area contributed by atoms with Crippen molar-refractivity contribution in [2.45, 2.75) is 4.90 Å². The van der Waals surface area contributed by atoms with Gasteiger partial charge in [0.25, 0.3) is 0 Å². The molecule has 0 aliphatic rings. The van der Waals surface area contributed by atoms with Gasteiger partial charge in [0.15, 0.2) is 0 Å². The van der Waals surface area contributed by atoms with Crippen LogP contribution in [0.2, 0.25) is 0 Å². The van der Waals surface area contributed by atoms with Crippen LogP contribution >= 0.6 is 22.5 Å². The number of hydrogen-bond acceptors (Lipinski definition) is 3. The van der Waals surface area contributed by atoms with E-state index in [0.717, 1.165) is 4.90 Å².